The van der Waals surface area contributed by atoms with Gasteiger partial charge in [-0.3, -0.25) is 9.98 Å². The maximum absolute atomic E-state index is 12.6. The first-order chi connectivity index (χ1) is 13.9. The van der Waals surface area contributed by atoms with Crippen LogP contribution < -0.4 is 5.32 Å². The van der Waals surface area contributed by atoms with Crippen molar-refractivity contribution in [3.8, 4) is 11.3 Å². The summed E-state index contributed by atoms with van der Waals surface area (Å²) in [6.07, 6.45) is 2.68. The number of pyridine rings is 1. The Morgan fingerprint density at radius 1 is 1.24 bits per heavy atom. The van der Waals surface area contributed by atoms with Crippen LogP contribution >= 0.6 is 0 Å². The van der Waals surface area contributed by atoms with Crippen molar-refractivity contribution in [3.63, 3.8) is 0 Å². The lowest BCUT2D eigenvalue weighted by Gasteiger charge is -2.23. The van der Waals surface area contributed by atoms with E-state index in [1.54, 1.807) is 0 Å². The number of nitrogens with one attached hydrogen (secondary N) is 2. The number of fused-ring (bicyclic) bond motifs is 2. The van der Waals surface area contributed by atoms with Crippen LogP contribution in [0.1, 0.15) is 32.3 Å². The molecule has 2 N–H and O–H groups in total. The van der Waals surface area contributed by atoms with Crippen LogP contribution in [0.25, 0.3) is 22.3 Å². The van der Waals surface area contributed by atoms with Crippen molar-refractivity contribution in [1.82, 2.24) is 25.3 Å². The van der Waals surface area contributed by atoms with E-state index in [9.17, 15) is 8.78 Å². The van der Waals surface area contributed by atoms with Crippen molar-refractivity contribution in [2.75, 3.05) is 6.54 Å². The van der Waals surface area contributed by atoms with E-state index < -0.39 is 6.43 Å². The molecule has 6 nitrogen and oxygen atoms in total. The average molecular weight is 398 g/mol. The number of halogens is 2. The molecule has 0 saturated carbocycles. The molecule has 1 aliphatic heterocycles. The highest BCUT2D eigenvalue weighted by molar-refractivity contribution is 5.94. The van der Waals surface area contributed by atoms with E-state index in [1.807, 2.05) is 31.5 Å². The molecular weight excluding hydrogens is 374 g/mol. The molecule has 1 atom stereocenters. The van der Waals surface area contributed by atoms with Gasteiger partial charge in [-0.15, -0.1) is 0 Å². The Morgan fingerprint density at radius 2 is 2.07 bits per heavy atom. The third-order valence-corrected chi connectivity index (χ3v) is 5.02. The monoisotopic (exact) mass is 398 g/mol. The number of hydrogen-bond donors (Lipinski definition) is 2. The van der Waals surface area contributed by atoms with E-state index in [-0.39, 0.29) is 12.6 Å². The Labute approximate surface area is 167 Å². The Hall–Kier alpha value is -2.74. The number of alkyl halides is 2. The van der Waals surface area contributed by atoms with Crippen molar-refractivity contribution in [3.05, 3.63) is 36.0 Å². The minimum atomic E-state index is -2.39. The number of nitrogens with zero attached hydrogens (tertiary/aromatic N) is 4. The van der Waals surface area contributed by atoms with Crippen molar-refractivity contribution in [2.24, 2.45) is 10.9 Å². The minimum absolute atomic E-state index is 0.232. The van der Waals surface area contributed by atoms with Crippen LogP contribution in [0, 0.1) is 5.92 Å². The Kier molecular flexibility index (Phi) is 5.36. The Bertz CT molecular complexity index is 1060. The summed E-state index contributed by atoms with van der Waals surface area (Å²) in [4.78, 5) is 21.6. The molecule has 0 fully saturated rings. The van der Waals surface area contributed by atoms with Crippen molar-refractivity contribution >= 4 is 22.4 Å². The van der Waals surface area contributed by atoms with Gasteiger partial charge in [-0.05, 0) is 25.0 Å². The zero-order valence-electron chi connectivity index (χ0n) is 16.7. The van der Waals surface area contributed by atoms with Crippen LogP contribution in [0.3, 0.4) is 0 Å². The number of aliphatic imine (C=N–C) groups is 1. The first-order valence-electron chi connectivity index (χ1n) is 9.80. The molecule has 1 aliphatic rings. The summed E-state index contributed by atoms with van der Waals surface area (Å²) < 4.78 is 25.2. The summed E-state index contributed by atoms with van der Waals surface area (Å²) in [5, 5.41) is 3.78. The van der Waals surface area contributed by atoms with Gasteiger partial charge in [0.25, 0.3) is 6.43 Å². The molecule has 3 aromatic rings. The molecule has 1 unspecified atom stereocenters. The van der Waals surface area contributed by atoms with Gasteiger partial charge in [-0.2, -0.15) is 0 Å². The van der Waals surface area contributed by atoms with E-state index in [4.69, 9.17) is 4.98 Å². The third-order valence-electron chi connectivity index (χ3n) is 5.02. The highest BCUT2D eigenvalue weighted by atomic mass is 19.3. The smallest absolute Gasteiger partial charge is 0.250 e. The molecule has 0 radical (unpaired) electrons. The van der Waals surface area contributed by atoms with Gasteiger partial charge in [-0.1, -0.05) is 13.8 Å². The molecule has 0 saturated heterocycles. The molecule has 0 aliphatic carbocycles. The number of aromatic nitrogens is 4. The highest BCUT2D eigenvalue weighted by Crippen LogP contribution is 2.31. The zero-order chi connectivity index (χ0) is 20.5. The molecule has 0 spiro atoms. The van der Waals surface area contributed by atoms with Crippen LogP contribution in [-0.2, 0) is 12.8 Å². The van der Waals surface area contributed by atoms with Gasteiger partial charge in [0.05, 0.1) is 29.7 Å². The molecule has 4 rings (SSSR count). The zero-order valence-corrected chi connectivity index (χ0v) is 16.7. The van der Waals surface area contributed by atoms with Gasteiger partial charge in [0.1, 0.15) is 11.5 Å². The topological polar surface area (TPSA) is 78.8 Å². The van der Waals surface area contributed by atoms with Crippen molar-refractivity contribution < 1.29 is 8.78 Å². The fourth-order valence-corrected chi connectivity index (χ4v) is 3.58. The van der Waals surface area contributed by atoms with Gasteiger partial charge in [0.15, 0.2) is 0 Å². The predicted octanol–water partition coefficient (Wildman–Crippen LogP) is 4.09. The highest BCUT2D eigenvalue weighted by Gasteiger charge is 2.23. The van der Waals surface area contributed by atoms with Crippen LogP contribution in [0.2, 0.25) is 0 Å². The molecule has 0 bridgehead atoms. The van der Waals surface area contributed by atoms with Crippen molar-refractivity contribution in [1.29, 1.82) is 0 Å². The molecular formula is C21H24F2N6. The number of hydrogen-bond acceptors (Lipinski definition) is 5. The molecule has 3 aromatic heterocycles. The molecule has 4 heterocycles. The summed E-state index contributed by atoms with van der Waals surface area (Å²) in [6.45, 7) is 5.77. The lowest BCUT2D eigenvalue weighted by atomic mass is 10.0. The maximum atomic E-state index is 12.6. The van der Waals surface area contributed by atoms with Crippen molar-refractivity contribution in [2.45, 2.75) is 46.1 Å². The fraction of sp³-hybridized carbons (Fsp3) is 0.429. The van der Waals surface area contributed by atoms with Crippen LogP contribution in [0.15, 0.2) is 29.5 Å². The van der Waals surface area contributed by atoms with Crippen LogP contribution in [-0.4, -0.2) is 44.7 Å². The Balaban J connectivity index is 1.63. The van der Waals surface area contributed by atoms with Gasteiger partial charge >= 0.3 is 0 Å². The van der Waals surface area contributed by atoms with E-state index in [1.165, 1.54) is 0 Å². The van der Waals surface area contributed by atoms with E-state index >= 15 is 0 Å². The summed E-state index contributed by atoms with van der Waals surface area (Å²) in [5.74, 6) is 1.30. The number of H-pyrrole nitrogens is 1. The van der Waals surface area contributed by atoms with Crippen LogP contribution in [0.5, 0.6) is 0 Å². The average Bonchev–Trinajstić information content (AvgIpc) is 3.08. The van der Waals surface area contributed by atoms with E-state index in [0.717, 1.165) is 51.6 Å². The van der Waals surface area contributed by atoms with Gasteiger partial charge in [0.2, 0.25) is 0 Å². The number of rotatable bonds is 6. The molecule has 8 heteroatoms. The molecule has 0 amide bonds. The summed E-state index contributed by atoms with van der Waals surface area (Å²) >= 11 is 0. The quantitative estimate of drug-likeness (QED) is 0.656. The van der Waals surface area contributed by atoms with Crippen LogP contribution in [0.4, 0.5) is 14.5 Å². The summed E-state index contributed by atoms with van der Waals surface area (Å²) in [7, 11) is 0. The summed E-state index contributed by atoms with van der Waals surface area (Å²) in [5.41, 5.74) is 4.88. The maximum Gasteiger partial charge on any atom is 0.250 e. The lowest BCUT2D eigenvalue weighted by Crippen LogP contribution is -2.41. The molecule has 152 valence electrons. The second kappa shape index (κ2) is 7.94. The fourth-order valence-electron chi connectivity index (χ4n) is 3.58. The predicted molar refractivity (Wildman–Crippen MR) is 110 cm³/mol. The van der Waals surface area contributed by atoms with Gasteiger partial charge in [0, 0.05) is 41.9 Å². The second-order valence-electron chi connectivity index (χ2n) is 7.82. The first-order valence-corrected chi connectivity index (χ1v) is 9.80. The molecule has 0 aromatic carbocycles. The van der Waals surface area contributed by atoms with Gasteiger partial charge < -0.3 is 10.3 Å². The second-order valence-corrected chi connectivity index (χ2v) is 7.82. The SMILES string of the molecule is CC1=Nc2ccc(-c3c[nH]c4nc(CC(C)C)ncc34)nc2CC1NCC(F)F. The Morgan fingerprint density at radius 3 is 2.83 bits per heavy atom. The van der Waals surface area contributed by atoms with E-state index in [2.05, 4.69) is 39.1 Å². The number of aromatic amines is 1. The lowest BCUT2D eigenvalue weighted by molar-refractivity contribution is 0.144. The molecule has 29 heavy (non-hydrogen) atoms. The van der Waals surface area contributed by atoms with Gasteiger partial charge in [-0.25, -0.2) is 18.7 Å². The normalized spacial score (nSPS) is 16.5. The minimum Gasteiger partial charge on any atom is -0.345 e. The standard InChI is InChI=1S/C21H24F2N6/c1-11(2)6-20-25-9-14-13(8-26-21(14)29-20)15-4-5-16-18(28-15)7-17(12(3)27-16)24-10-19(22)23/h4-5,8-9,11,17,19,24H,6-7,10H2,1-3H3,(H,25,26,29). The largest absolute Gasteiger partial charge is 0.345 e. The summed E-state index contributed by atoms with van der Waals surface area (Å²) in [6, 6.07) is 3.62. The third kappa shape index (κ3) is 4.17. The first kappa shape index (κ1) is 19.6. The van der Waals surface area contributed by atoms with E-state index in [0.29, 0.717) is 12.3 Å².